The molecule has 5 atom stereocenters. The molecule has 0 radical (unpaired) electrons. The summed E-state index contributed by atoms with van der Waals surface area (Å²) in [5.41, 5.74) is 2.41. The van der Waals surface area contributed by atoms with Crippen LogP contribution < -0.4 is 0 Å². The van der Waals surface area contributed by atoms with Crippen LogP contribution in [0.25, 0.3) is 0 Å². The highest BCUT2D eigenvalue weighted by Gasteiger charge is 2.53. The summed E-state index contributed by atoms with van der Waals surface area (Å²) in [7, 11) is 0. The number of carbonyl (C=O) groups excluding carboxylic acids is 4. The van der Waals surface area contributed by atoms with Crippen molar-refractivity contribution in [1.29, 1.82) is 5.26 Å². The monoisotopic (exact) mass is 522 g/mol. The zero-order chi connectivity index (χ0) is 27.3. The summed E-state index contributed by atoms with van der Waals surface area (Å²) in [4.78, 5) is 47.7. The quantitative estimate of drug-likeness (QED) is 0.296. The number of hydrogen-bond acceptors (Lipinski definition) is 11. The second kappa shape index (κ2) is 12.1. The van der Waals surface area contributed by atoms with Crippen LogP contribution in [-0.4, -0.2) is 59.5 Å². The summed E-state index contributed by atoms with van der Waals surface area (Å²) in [6, 6.07) is 2.12. The average Bonchev–Trinajstić information content (AvgIpc) is 2.75. The lowest BCUT2D eigenvalue weighted by Crippen LogP contribution is -2.60. The van der Waals surface area contributed by atoms with Crippen molar-refractivity contribution in [3.8, 4) is 6.07 Å². The van der Waals surface area contributed by atoms with Crippen molar-refractivity contribution >= 4 is 36.1 Å². The van der Waals surface area contributed by atoms with Crippen LogP contribution in [0.4, 0.5) is 0 Å². The number of nitriles is 1. The molecule has 1 fully saturated rings. The van der Waals surface area contributed by atoms with Gasteiger partial charge < -0.3 is 28.3 Å². The van der Waals surface area contributed by atoms with Crippen molar-refractivity contribution in [2.75, 3.05) is 6.61 Å². The van der Waals surface area contributed by atoms with Crippen LogP contribution in [0.1, 0.15) is 63.2 Å². The summed E-state index contributed by atoms with van der Waals surface area (Å²) >= 11 is 5.63. The molecule has 1 aromatic heterocycles. The number of carbonyl (C=O) groups is 4. The fourth-order valence-electron chi connectivity index (χ4n) is 4.37. The van der Waals surface area contributed by atoms with Crippen molar-refractivity contribution in [1.82, 2.24) is 4.57 Å². The maximum atomic E-state index is 12.1. The fraction of sp³-hybridized carbons (Fsp3) is 0.583. The second-order valence-electron chi connectivity index (χ2n) is 8.29. The van der Waals surface area contributed by atoms with Crippen molar-refractivity contribution in [3.63, 3.8) is 0 Å². The molecule has 0 spiro atoms. The number of ether oxygens (including phenoxy) is 5. The highest BCUT2D eigenvalue weighted by molar-refractivity contribution is 7.71. The first-order chi connectivity index (χ1) is 16.8. The van der Waals surface area contributed by atoms with Gasteiger partial charge in [0.15, 0.2) is 24.5 Å². The Bertz CT molecular complexity index is 1150. The maximum Gasteiger partial charge on any atom is 0.303 e. The Morgan fingerprint density at radius 1 is 0.944 bits per heavy atom. The minimum Gasteiger partial charge on any atom is -0.463 e. The Labute approximate surface area is 214 Å². The average molecular weight is 523 g/mol. The number of hydrogen-bond donors (Lipinski definition) is 0. The zero-order valence-electron chi connectivity index (χ0n) is 21.3. The van der Waals surface area contributed by atoms with Crippen molar-refractivity contribution in [3.05, 3.63) is 27.0 Å². The SMILES string of the molecule is CCc1c(C)c(C#N)c(=S)n([C@H]2O[C@@H](COC(C)=O)[C@@H](OC(C)=O)[C@@H](OC(C)=O)[C@@H]2OC(C)=O)c1C. The Kier molecular flexibility index (Phi) is 9.72. The van der Waals surface area contributed by atoms with Crippen molar-refractivity contribution in [2.45, 2.75) is 85.5 Å². The first-order valence-electron chi connectivity index (χ1n) is 11.3. The molecule has 36 heavy (non-hydrogen) atoms. The smallest absolute Gasteiger partial charge is 0.303 e. The van der Waals surface area contributed by atoms with Gasteiger partial charge in [0.2, 0.25) is 0 Å². The maximum absolute atomic E-state index is 12.1. The Hall–Kier alpha value is -3.30. The number of pyridine rings is 1. The molecule has 12 heteroatoms. The van der Waals surface area contributed by atoms with Crippen molar-refractivity contribution < 1.29 is 42.9 Å². The van der Waals surface area contributed by atoms with E-state index in [1.807, 2.05) is 6.92 Å². The van der Waals surface area contributed by atoms with E-state index in [-0.39, 0.29) is 16.8 Å². The van der Waals surface area contributed by atoms with Gasteiger partial charge in [-0.05, 0) is 31.4 Å². The molecular weight excluding hydrogens is 492 g/mol. The van der Waals surface area contributed by atoms with E-state index < -0.39 is 54.5 Å². The molecule has 0 aromatic carbocycles. The van der Waals surface area contributed by atoms with Gasteiger partial charge in [0.25, 0.3) is 0 Å². The van der Waals surface area contributed by atoms with E-state index in [0.717, 1.165) is 26.3 Å². The first kappa shape index (κ1) is 28.9. The van der Waals surface area contributed by atoms with E-state index in [9.17, 15) is 24.4 Å². The van der Waals surface area contributed by atoms with Crippen LogP contribution in [0.3, 0.4) is 0 Å². The Morgan fingerprint density at radius 2 is 1.47 bits per heavy atom. The largest absolute Gasteiger partial charge is 0.463 e. The molecule has 2 rings (SSSR count). The molecule has 0 aliphatic carbocycles. The number of aromatic nitrogens is 1. The van der Waals surface area contributed by atoms with Gasteiger partial charge in [0, 0.05) is 33.4 Å². The summed E-state index contributed by atoms with van der Waals surface area (Å²) in [6.07, 6.45) is -5.73. The van der Waals surface area contributed by atoms with Crippen LogP contribution in [0.15, 0.2) is 0 Å². The molecule has 2 heterocycles. The third-order valence-electron chi connectivity index (χ3n) is 5.74. The topological polar surface area (TPSA) is 143 Å². The van der Waals surface area contributed by atoms with Gasteiger partial charge in [-0.25, -0.2) is 0 Å². The third kappa shape index (κ3) is 6.27. The summed E-state index contributed by atoms with van der Waals surface area (Å²) in [6.45, 7) is 9.76. The summed E-state index contributed by atoms with van der Waals surface area (Å²) in [5.74, 6) is -2.81. The Balaban J connectivity index is 2.84. The highest BCUT2D eigenvalue weighted by atomic mass is 32.1. The standard InChI is InChI=1S/C24H30N2O9S/c1-8-17-11(2)18(9-25)24(36)26(12(17)3)23-22(34-16(7)30)21(33-15(6)29)20(32-14(5)28)19(35-23)10-31-13(4)27/h19-23H,8,10H2,1-7H3/t19-,20+,21+,22-,23-/m0/s1. The lowest BCUT2D eigenvalue weighted by molar-refractivity contribution is -0.269. The minimum absolute atomic E-state index is 0.116. The summed E-state index contributed by atoms with van der Waals surface area (Å²) < 4.78 is 29.4. The van der Waals surface area contributed by atoms with E-state index in [4.69, 9.17) is 35.9 Å². The predicted octanol–water partition coefficient (Wildman–Crippen LogP) is 2.52. The first-order valence-corrected chi connectivity index (χ1v) is 11.7. The van der Waals surface area contributed by atoms with E-state index >= 15 is 0 Å². The van der Waals surface area contributed by atoms with Gasteiger partial charge in [0.05, 0.1) is 5.56 Å². The predicted molar refractivity (Wildman–Crippen MR) is 126 cm³/mol. The van der Waals surface area contributed by atoms with E-state index in [0.29, 0.717) is 17.7 Å². The van der Waals surface area contributed by atoms with Crippen LogP contribution >= 0.6 is 12.2 Å². The molecule has 0 saturated carbocycles. The van der Waals surface area contributed by atoms with Crippen LogP contribution in [0, 0.1) is 29.8 Å². The summed E-state index contributed by atoms with van der Waals surface area (Å²) in [5, 5.41) is 9.81. The molecular formula is C24H30N2O9S. The van der Waals surface area contributed by atoms with Gasteiger partial charge in [-0.3, -0.25) is 19.2 Å². The van der Waals surface area contributed by atoms with E-state index in [2.05, 4.69) is 6.07 Å². The number of rotatable bonds is 7. The van der Waals surface area contributed by atoms with Crippen LogP contribution in [-0.2, 0) is 49.3 Å². The molecule has 0 unspecified atom stereocenters. The fourth-order valence-corrected chi connectivity index (χ4v) is 4.81. The van der Waals surface area contributed by atoms with Gasteiger partial charge >= 0.3 is 23.9 Å². The number of nitrogens with zero attached hydrogens (tertiary/aromatic N) is 2. The lowest BCUT2D eigenvalue weighted by atomic mass is 9.95. The van der Waals surface area contributed by atoms with Gasteiger partial charge in [0.1, 0.15) is 23.4 Å². The van der Waals surface area contributed by atoms with Crippen molar-refractivity contribution in [2.24, 2.45) is 0 Å². The highest BCUT2D eigenvalue weighted by Crippen LogP contribution is 2.37. The van der Waals surface area contributed by atoms with Gasteiger partial charge in [-0.2, -0.15) is 5.26 Å². The zero-order valence-corrected chi connectivity index (χ0v) is 22.1. The van der Waals surface area contributed by atoms with Gasteiger partial charge in [-0.1, -0.05) is 19.1 Å². The molecule has 1 aliphatic heterocycles. The molecule has 1 aliphatic rings. The molecule has 0 amide bonds. The third-order valence-corrected chi connectivity index (χ3v) is 6.15. The molecule has 11 nitrogen and oxygen atoms in total. The lowest BCUT2D eigenvalue weighted by Gasteiger charge is -2.45. The molecule has 1 saturated heterocycles. The Morgan fingerprint density at radius 3 is 1.94 bits per heavy atom. The molecule has 1 aromatic rings. The molecule has 0 bridgehead atoms. The van der Waals surface area contributed by atoms with Crippen LogP contribution in [0.5, 0.6) is 0 Å². The molecule has 0 N–H and O–H groups in total. The van der Waals surface area contributed by atoms with E-state index in [1.165, 1.54) is 11.5 Å². The minimum atomic E-state index is -1.34. The normalized spacial score (nSPS) is 23.2. The van der Waals surface area contributed by atoms with E-state index in [1.54, 1.807) is 13.8 Å². The number of esters is 4. The van der Waals surface area contributed by atoms with Crippen LogP contribution in [0.2, 0.25) is 0 Å². The molecule has 196 valence electrons. The second-order valence-corrected chi connectivity index (χ2v) is 8.68. The van der Waals surface area contributed by atoms with Gasteiger partial charge in [-0.15, -0.1) is 0 Å².